The number of ether oxygens (including phenoxy) is 1. The van der Waals surface area contributed by atoms with Crippen LogP contribution in [0.2, 0.25) is 0 Å². The van der Waals surface area contributed by atoms with E-state index < -0.39 is 6.10 Å². The number of amides is 1. The summed E-state index contributed by atoms with van der Waals surface area (Å²) in [5.41, 5.74) is 0.848. The third-order valence-electron chi connectivity index (χ3n) is 3.17. The van der Waals surface area contributed by atoms with Crippen LogP contribution in [0.1, 0.15) is 45.7 Å². The standard InChI is InChI=1S/C16H25FN2O2/c1-5-9-19-11(3)14-8-7-13(17)10-15(14)21-12(4)16(20)18-6-2/h7-8,10-12,19H,5-6,9H2,1-4H3,(H,18,20). The summed E-state index contributed by atoms with van der Waals surface area (Å²) in [7, 11) is 0. The Morgan fingerprint density at radius 3 is 2.67 bits per heavy atom. The van der Waals surface area contributed by atoms with Crippen LogP contribution in [-0.2, 0) is 4.79 Å². The van der Waals surface area contributed by atoms with E-state index in [0.717, 1.165) is 18.5 Å². The summed E-state index contributed by atoms with van der Waals surface area (Å²) in [5, 5.41) is 6.02. The van der Waals surface area contributed by atoms with Crippen LogP contribution in [0.5, 0.6) is 5.75 Å². The molecule has 2 N–H and O–H groups in total. The van der Waals surface area contributed by atoms with Gasteiger partial charge in [0.05, 0.1) is 0 Å². The van der Waals surface area contributed by atoms with Crippen molar-refractivity contribution in [3.63, 3.8) is 0 Å². The van der Waals surface area contributed by atoms with Crippen molar-refractivity contribution < 1.29 is 13.9 Å². The van der Waals surface area contributed by atoms with Crippen LogP contribution in [0.15, 0.2) is 18.2 Å². The SMILES string of the molecule is CCCNC(C)c1ccc(F)cc1OC(C)C(=O)NCC. The van der Waals surface area contributed by atoms with Gasteiger partial charge in [-0.2, -0.15) is 0 Å². The summed E-state index contributed by atoms with van der Waals surface area (Å²) in [6, 6.07) is 4.46. The summed E-state index contributed by atoms with van der Waals surface area (Å²) in [6.45, 7) is 8.98. The molecule has 2 atom stereocenters. The second-order valence-electron chi connectivity index (χ2n) is 5.01. The van der Waals surface area contributed by atoms with Crippen molar-refractivity contribution in [2.75, 3.05) is 13.1 Å². The Morgan fingerprint density at radius 1 is 1.33 bits per heavy atom. The van der Waals surface area contributed by atoms with Crippen molar-refractivity contribution >= 4 is 5.91 Å². The van der Waals surface area contributed by atoms with Gasteiger partial charge in [-0.15, -0.1) is 0 Å². The molecular weight excluding hydrogens is 271 g/mol. The first-order valence-corrected chi connectivity index (χ1v) is 7.46. The fraction of sp³-hybridized carbons (Fsp3) is 0.562. The van der Waals surface area contributed by atoms with Gasteiger partial charge in [-0.1, -0.05) is 13.0 Å². The molecule has 0 aromatic heterocycles. The monoisotopic (exact) mass is 296 g/mol. The number of rotatable bonds is 8. The molecule has 0 spiro atoms. The van der Waals surface area contributed by atoms with E-state index in [0.29, 0.717) is 12.3 Å². The highest BCUT2D eigenvalue weighted by molar-refractivity contribution is 5.80. The Bertz CT molecular complexity index is 466. The van der Waals surface area contributed by atoms with Crippen LogP contribution < -0.4 is 15.4 Å². The van der Waals surface area contributed by atoms with Crippen LogP contribution in [0, 0.1) is 5.82 Å². The molecule has 4 nitrogen and oxygen atoms in total. The average Bonchev–Trinajstić information content (AvgIpc) is 2.45. The van der Waals surface area contributed by atoms with Gasteiger partial charge in [0, 0.05) is 24.2 Å². The Hall–Kier alpha value is -1.62. The average molecular weight is 296 g/mol. The zero-order valence-corrected chi connectivity index (χ0v) is 13.2. The Morgan fingerprint density at radius 2 is 2.05 bits per heavy atom. The van der Waals surface area contributed by atoms with Crippen molar-refractivity contribution in [3.8, 4) is 5.75 Å². The van der Waals surface area contributed by atoms with Gasteiger partial charge in [-0.05, 0) is 39.8 Å². The third-order valence-corrected chi connectivity index (χ3v) is 3.17. The van der Waals surface area contributed by atoms with Gasteiger partial charge < -0.3 is 15.4 Å². The molecule has 1 aromatic carbocycles. The van der Waals surface area contributed by atoms with Gasteiger partial charge in [0.1, 0.15) is 11.6 Å². The van der Waals surface area contributed by atoms with Crippen LogP contribution in [-0.4, -0.2) is 25.1 Å². The second kappa shape index (κ2) is 8.62. The predicted molar refractivity (Wildman–Crippen MR) is 81.9 cm³/mol. The lowest BCUT2D eigenvalue weighted by Crippen LogP contribution is -2.36. The van der Waals surface area contributed by atoms with Crippen LogP contribution in [0.3, 0.4) is 0 Å². The number of hydrogen-bond donors (Lipinski definition) is 2. The number of benzene rings is 1. The Kier molecular flexibility index (Phi) is 7.15. The van der Waals surface area contributed by atoms with Crippen LogP contribution in [0.25, 0.3) is 0 Å². The minimum atomic E-state index is -0.663. The van der Waals surface area contributed by atoms with Crippen molar-refractivity contribution in [1.82, 2.24) is 10.6 Å². The summed E-state index contributed by atoms with van der Waals surface area (Å²) in [6.07, 6.45) is 0.348. The molecule has 0 saturated heterocycles. The molecule has 0 saturated carbocycles. The molecule has 1 rings (SSSR count). The molecule has 118 valence electrons. The summed E-state index contributed by atoms with van der Waals surface area (Å²) >= 11 is 0. The van der Waals surface area contributed by atoms with Gasteiger partial charge >= 0.3 is 0 Å². The van der Waals surface area contributed by atoms with Gasteiger partial charge in [0.25, 0.3) is 5.91 Å². The first-order valence-electron chi connectivity index (χ1n) is 7.46. The molecular formula is C16H25FN2O2. The predicted octanol–water partition coefficient (Wildman–Crippen LogP) is 2.79. The maximum Gasteiger partial charge on any atom is 0.260 e. The smallest absolute Gasteiger partial charge is 0.260 e. The molecule has 2 unspecified atom stereocenters. The van der Waals surface area contributed by atoms with Crippen molar-refractivity contribution in [2.45, 2.75) is 46.3 Å². The quantitative estimate of drug-likeness (QED) is 0.775. The summed E-state index contributed by atoms with van der Waals surface area (Å²) in [4.78, 5) is 11.7. The number of likely N-dealkylation sites (N-methyl/N-ethyl adjacent to an activating group) is 1. The first kappa shape index (κ1) is 17.4. The van der Waals surface area contributed by atoms with E-state index in [-0.39, 0.29) is 17.8 Å². The van der Waals surface area contributed by atoms with Gasteiger partial charge in [0.2, 0.25) is 0 Å². The highest BCUT2D eigenvalue weighted by Crippen LogP contribution is 2.27. The molecule has 5 heteroatoms. The minimum absolute atomic E-state index is 0.0296. The van der Waals surface area contributed by atoms with E-state index in [4.69, 9.17) is 4.74 Å². The molecule has 0 radical (unpaired) electrons. The molecule has 21 heavy (non-hydrogen) atoms. The molecule has 0 bridgehead atoms. The first-order chi connectivity index (χ1) is 9.99. The lowest BCUT2D eigenvalue weighted by molar-refractivity contribution is -0.127. The van der Waals surface area contributed by atoms with Gasteiger partial charge in [-0.25, -0.2) is 4.39 Å². The van der Waals surface area contributed by atoms with E-state index in [2.05, 4.69) is 17.6 Å². The minimum Gasteiger partial charge on any atom is -0.480 e. The molecule has 0 aliphatic heterocycles. The summed E-state index contributed by atoms with van der Waals surface area (Å²) < 4.78 is 19.1. The van der Waals surface area contributed by atoms with Crippen LogP contribution >= 0.6 is 0 Å². The topological polar surface area (TPSA) is 50.4 Å². The zero-order chi connectivity index (χ0) is 15.8. The zero-order valence-electron chi connectivity index (χ0n) is 13.2. The van der Waals surface area contributed by atoms with Gasteiger partial charge in [-0.3, -0.25) is 4.79 Å². The highest BCUT2D eigenvalue weighted by Gasteiger charge is 2.18. The molecule has 0 fully saturated rings. The molecule has 1 amide bonds. The van der Waals surface area contributed by atoms with E-state index in [1.165, 1.54) is 12.1 Å². The largest absolute Gasteiger partial charge is 0.480 e. The number of carbonyl (C=O) groups excluding carboxylic acids is 1. The molecule has 0 aliphatic carbocycles. The lowest BCUT2D eigenvalue weighted by atomic mass is 10.1. The second-order valence-corrected chi connectivity index (χ2v) is 5.01. The fourth-order valence-corrected chi connectivity index (χ4v) is 2.00. The van der Waals surface area contributed by atoms with Crippen LogP contribution in [0.4, 0.5) is 4.39 Å². The normalized spacial score (nSPS) is 13.6. The maximum atomic E-state index is 13.5. The van der Waals surface area contributed by atoms with Crippen molar-refractivity contribution in [2.24, 2.45) is 0 Å². The maximum absolute atomic E-state index is 13.5. The number of halogens is 1. The lowest BCUT2D eigenvalue weighted by Gasteiger charge is -2.21. The van der Waals surface area contributed by atoms with E-state index in [1.807, 2.05) is 13.8 Å². The number of carbonyl (C=O) groups is 1. The van der Waals surface area contributed by atoms with Crippen molar-refractivity contribution in [1.29, 1.82) is 0 Å². The summed E-state index contributed by atoms with van der Waals surface area (Å²) in [5.74, 6) is -0.175. The Labute approximate surface area is 126 Å². The fourth-order valence-electron chi connectivity index (χ4n) is 2.00. The van der Waals surface area contributed by atoms with E-state index in [9.17, 15) is 9.18 Å². The number of nitrogens with one attached hydrogen (secondary N) is 2. The van der Waals surface area contributed by atoms with Crippen molar-refractivity contribution in [3.05, 3.63) is 29.6 Å². The van der Waals surface area contributed by atoms with E-state index >= 15 is 0 Å². The van der Waals surface area contributed by atoms with E-state index in [1.54, 1.807) is 13.0 Å². The number of hydrogen-bond acceptors (Lipinski definition) is 3. The molecule has 1 aromatic rings. The molecule has 0 heterocycles. The van der Waals surface area contributed by atoms with Gasteiger partial charge in [0.15, 0.2) is 6.10 Å². The molecule has 0 aliphatic rings. The third kappa shape index (κ3) is 5.34. The highest BCUT2D eigenvalue weighted by atomic mass is 19.1. The Balaban J connectivity index is 2.88.